The zero-order valence-corrected chi connectivity index (χ0v) is 16.2. The van der Waals surface area contributed by atoms with Gasteiger partial charge in [-0.15, -0.1) is 0 Å². The van der Waals surface area contributed by atoms with Crippen LogP contribution < -0.4 is 4.74 Å². The van der Waals surface area contributed by atoms with Crippen LogP contribution in [0.25, 0.3) is 6.08 Å². The van der Waals surface area contributed by atoms with Gasteiger partial charge in [0.2, 0.25) is 0 Å². The molecule has 5 nitrogen and oxygen atoms in total. The molecule has 148 valence electrons. The van der Waals surface area contributed by atoms with Crippen LogP contribution in [0.2, 0.25) is 0 Å². The van der Waals surface area contributed by atoms with Crippen LogP contribution >= 0.6 is 0 Å². The predicted octanol–water partition coefficient (Wildman–Crippen LogP) is 3.87. The molecule has 3 rings (SSSR count). The van der Waals surface area contributed by atoms with Gasteiger partial charge in [0.15, 0.2) is 11.5 Å². The molecule has 28 heavy (non-hydrogen) atoms. The fraction of sp³-hybridized carbons (Fsp3) is 0.348. The van der Waals surface area contributed by atoms with Gasteiger partial charge in [-0.25, -0.2) is 4.79 Å². The number of ether oxygens (including phenoxy) is 2. The Hall–Kier alpha value is -2.79. The van der Waals surface area contributed by atoms with Gasteiger partial charge in [-0.1, -0.05) is 36.4 Å². The molecule has 1 heterocycles. The summed E-state index contributed by atoms with van der Waals surface area (Å²) < 4.78 is 10.4. The number of likely N-dealkylation sites (tertiary alicyclic amines) is 1. The highest BCUT2D eigenvalue weighted by atomic mass is 16.5. The minimum atomic E-state index is -0.359. The number of hydrogen-bond donors (Lipinski definition) is 1. The van der Waals surface area contributed by atoms with E-state index in [1.165, 1.54) is 18.7 Å². The number of rotatable bonds is 7. The standard InChI is InChI=1S/C23H27NO4/c1-27-22-9-7-18(15-21(22)25)8-10-23(26)28-17-20-11-13-24(14-12-20)16-19-5-3-2-4-6-19/h2-10,15,20,25H,11-14,16-17H2,1H3/b10-8+. The zero-order valence-electron chi connectivity index (χ0n) is 16.2. The molecule has 0 atom stereocenters. The van der Waals surface area contributed by atoms with Crippen LogP contribution in [-0.2, 0) is 16.1 Å². The molecule has 1 aliphatic heterocycles. The number of hydrogen-bond acceptors (Lipinski definition) is 5. The molecule has 1 aliphatic rings. The van der Waals surface area contributed by atoms with Crippen molar-refractivity contribution in [1.29, 1.82) is 0 Å². The molecule has 0 unspecified atom stereocenters. The number of phenols is 1. The van der Waals surface area contributed by atoms with Crippen LogP contribution in [0.3, 0.4) is 0 Å². The zero-order chi connectivity index (χ0) is 19.8. The quantitative estimate of drug-likeness (QED) is 0.583. The van der Waals surface area contributed by atoms with E-state index in [0.29, 0.717) is 23.8 Å². The maximum atomic E-state index is 12.0. The van der Waals surface area contributed by atoms with Gasteiger partial charge in [0.1, 0.15) is 0 Å². The van der Waals surface area contributed by atoms with Crippen molar-refractivity contribution < 1.29 is 19.4 Å². The van der Waals surface area contributed by atoms with Crippen LogP contribution in [0.4, 0.5) is 0 Å². The van der Waals surface area contributed by atoms with Gasteiger partial charge in [0.05, 0.1) is 13.7 Å². The van der Waals surface area contributed by atoms with E-state index in [1.807, 2.05) is 6.07 Å². The summed E-state index contributed by atoms with van der Waals surface area (Å²) in [6.07, 6.45) is 5.10. The van der Waals surface area contributed by atoms with Gasteiger partial charge in [-0.2, -0.15) is 0 Å². The molecule has 0 amide bonds. The van der Waals surface area contributed by atoms with Crippen LogP contribution in [0, 0.1) is 5.92 Å². The lowest BCUT2D eigenvalue weighted by Gasteiger charge is -2.31. The Balaban J connectivity index is 1.39. The Labute approximate surface area is 166 Å². The molecular weight excluding hydrogens is 354 g/mol. The maximum Gasteiger partial charge on any atom is 0.330 e. The second-order valence-electron chi connectivity index (χ2n) is 7.10. The van der Waals surface area contributed by atoms with Crippen molar-refractivity contribution in [1.82, 2.24) is 4.90 Å². The van der Waals surface area contributed by atoms with Crippen LogP contribution in [0.1, 0.15) is 24.0 Å². The first-order chi connectivity index (χ1) is 13.6. The average Bonchev–Trinajstić information content (AvgIpc) is 2.72. The van der Waals surface area contributed by atoms with E-state index in [9.17, 15) is 9.90 Å². The molecule has 0 radical (unpaired) electrons. The van der Waals surface area contributed by atoms with Crippen molar-refractivity contribution in [2.75, 3.05) is 26.8 Å². The molecule has 1 N–H and O–H groups in total. The van der Waals surface area contributed by atoms with E-state index in [0.717, 1.165) is 32.5 Å². The molecule has 0 saturated carbocycles. The normalized spacial score (nSPS) is 15.6. The lowest BCUT2D eigenvalue weighted by molar-refractivity contribution is -0.139. The summed E-state index contributed by atoms with van der Waals surface area (Å²) in [4.78, 5) is 14.4. The van der Waals surface area contributed by atoms with Crippen molar-refractivity contribution in [3.8, 4) is 11.5 Å². The lowest BCUT2D eigenvalue weighted by atomic mass is 9.97. The number of phenolic OH excluding ortho intramolecular Hbond substituents is 1. The number of esters is 1. The largest absolute Gasteiger partial charge is 0.504 e. The molecule has 1 fully saturated rings. The second kappa shape index (κ2) is 9.95. The first-order valence-electron chi connectivity index (χ1n) is 9.62. The van der Waals surface area contributed by atoms with E-state index in [2.05, 4.69) is 29.2 Å². The third kappa shape index (κ3) is 5.86. The molecule has 1 saturated heterocycles. The van der Waals surface area contributed by atoms with Crippen LogP contribution in [-0.4, -0.2) is 42.8 Å². The summed E-state index contributed by atoms with van der Waals surface area (Å²) in [7, 11) is 1.49. The molecule has 0 spiro atoms. The van der Waals surface area contributed by atoms with Gasteiger partial charge < -0.3 is 14.6 Å². The predicted molar refractivity (Wildman–Crippen MR) is 109 cm³/mol. The van der Waals surface area contributed by atoms with Crippen LogP contribution in [0.15, 0.2) is 54.6 Å². The Morgan fingerprint density at radius 3 is 2.61 bits per heavy atom. The van der Waals surface area contributed by atoms with E-state index >= 15 is 0 Å². The molecule has 0 aromatic heterocycles. The first kappa shape index (κ1) is 20.0. The third-order valence-corrected chi connectivity index (χ3v) is 5.03. The van der Waals surface area contributed by atoms with Crippen LogP contribution in [0.5, 0.6) is 11.5 Å². The number of carbonyl (C=O) groups excluding carboxylic acids is 1. The van der Waals surface area contributed by atoms with Gasteiger partial charge >= 0.3 is 5.97 Å². The second-order valence-corrected chi connectivity index (χ2v) is 7.10. The fourth-order valence-electron chi connectivity index (χ4n) is 3.38. The molecule has 2 aromatic carbocycles. The number of piperidine rings is 1. The van der Waals surface area contributed by atoms with Crippen molar-refractivity contribution in [2.45, 2.75) is 19.4 Å². The molecule has 5 heteroatoms. The molecular formula is C23H27NO4. The Morgan fingerprint density at radius 2 is 1.93 bits per heavy atom. The molecule has 0 aliphatic carbocycles. The van der Waals surface area contributed by atoms with E-state index < -0.39 is 0 Å². The van der Waals surface area contributed by atoms with Crippen molar-refractivity contribution in [3.63, 3.8) is 0 Å². The smallest absolute Gasteiger partial charge is 0.330 e. The van der Waals surface area contributed by atoms with Crippen molar-refractivity contribution in [3.05, 3.63) is 65.7 Å². The Kier molecular flexibility index (Phi) is 7.09. The summed E-state index contributed by atoms with van der Waals surface area (Å²) in [5, 5.41) is 9.77. The van der Waals surface area contributed by atoms with Crippen molar-refractivity contribution in [2.24, 2.45) is 5.92 Å². The summed E-state index contributed by atoms with van der Waals surface area (Å²) in [6.45, 7) is 3.48. The molecule has 2 aromatic rings. The minimum Gasteiger partial charge on any atom is -0.504 e. The summed E-state index contributed by atoms with van der Waals surface area (Å²) >= 11 is 0. The van der Waals surface area contributed by atoms with Gasteiger partial charge in [-0.3, -0.25) is 4.90 Å². The number of methoxy groups -OCH3 is 1. The van der Waals surface area contributed by atoms with E-state index in [1.54, 1.807) is 24.3 Å². The van der Waals surface area contributed by atoms with Crippen molar-refractivity contribution >= 4 is 12.0 Å². The van der Waals surface area contributed by atoms with Gasteiger partial charge in [0, 0.05) is 12.6 Å². The Bertz CT molecular complexity index is 796. The van der Waals surface area contributed by atoms with Gasteiger partial charge in [-0.05, 0) is 61.2 Å². The molecule has 0 bridgehead atoms. The lowest BCUT2D eigenvalue weighted by Crippen LogP contribution is -2.34. The highest BCUT2D eigenvalue weighted by Gasteiger charge is 2.20. The topological polar surface area (TPSA) is 59.0 Å². The van der Waals surface area contributed by atoms with Gasteiger partial charge in [0.25, 0.3) is 0 Å². The summed E-state index contributed by atoms with van der Waals surface area (Å²) in [5.41, 5.74) is 2.05. The number of aromatic hydroxyl groups is 1. The highest BCUT2D eigenvalue weighted by Crippen LogP contribution is 2.26. The summed E-state index contributed by atoms with van der Waals surface area (Å²) in [5.74, 6) is 0.495. The Morgan fingerprint density at radius 1 is 1.18 bits per heavy atom. The summed E-state index contributed by atoms with van der Waals surface area (Å²) in [6, 6.07) is 15.5. The monoisotopic (exact) mass is 381 g/mol. The number of benzene rings is 2. The minimum absolute atomic E-state index is 0.0419. The van der Waals surface area contributed by atoms with E-state index in [4.69, 9.17) is 9.47 Å². The first-order valence-corrected chi connectivity index (χ1v) is 9.62. The fourth-order valence-corrected chi connectivity index (χ4v) is 3.38. The SMILES string of the molecule is COc1ccc(/C=C/C(=O)OCC2CCN(Cc3ccccc3)CC2)cc1O. The average molecular weight is 381 g/mol. The maximum absolute atomic E-state index is 12.0. The van der Waals surface area contributed by atoms with E-state index in [-0.39, 0.29) is 11.7 Å². The highest BCUT2D eigenvalue weighted by molar-refractivity contribution is 5.87. The number of nitrogens with zero attached hydrogens (tertiary/aromatic N) is 1. The third-order valence-electron chi connectivity index (χ3n) is 5.03. The number of carbonyl (C=O) groups is 1.